The molecule has 0 saturated heterocycles. The highest BCUT2D eigenvalue weighted by molar-refractivity contribution is 7.86. The highest BCUT2D eigenvalue weighted by atomic mass is 32.2. The van der Waals surface area contributed by atoms with Crippen LogP contribution in [0, 0.1) is 0 Å². The second kappa shape index (κ2) is 24.3. The predicted octanol–water partition coefficient (Wildman–Crippen LogP) is 4.75. The fourth-order valence-corrected chi connectivity index (χ4v) is 3.78. The molecule has 0 radical (unpaired) electrons. The van der Waals surface area contributed by atoms with Gasteiger partial charge in [0.25, 0.3) is 20.2 Å². The largest absolute Gasteiger partial charge is 0.345 e. The highest BCUT2D eigenvalue weighted by Gasteiger charge is 2.13. The van der Waals surface area contributed by atoms with E-state index in [2.05, 4.69) is 19.1 Å². The molecule has 10 nitrogen and oxygen atoms in total. The number of carbonyl (C=O) groups excluding carboxylic acids is 1. The maximum Gasteiger partial charge on any atom is 0.268 e. The first-order valence-electron chi connectivity index (χ1n) is 12.9. The van der Waals surface area contributed by atoms with Crippen molar-refractivity contribution in [2.24, 2.45) is 5.73 Å². The Morgan fingerprint density at radius 1 is 0.861 bits per heavy atom. The van der Waals surface area contributed by atoms with Crippen LogP contribution in [0.2, 0.25) is 0 Å². The molecule has 0 saturated carbocycles. The normalized spacial score (nSPS) is 12.5. The number of unbranched alkanes of at least 4 members (excludes halogenated alkanes) is 11. The van der Waals surface area contributed by atoms with E-state index in [1.807, 2.05) is 0 Å². The molecule has 0 aromatic heterocycles. The van der Waals surface area contributed by atoms with E-state index >= 15 is 0 Å². The van der Waals surface area contributed by atoms with Crippen LogP contribution in [0.1, 0.15) is 104 Å². The minimum absolute atomic E-state index is 0. The molecule has 0 bridgehead atoms. The molecule has 0 aromatic carbocycles. The predicted molar refractivity (Wildman–Crippen MR) is 149 cm³/mol. The minimum Gasteiger partial charge on any atom is -0.345 e. The molecular weight excluding hydrogens is 506 g/mol. The lowest BCUT2D eigenvalue weighted by atomic mass is 10.1. The van der Waals surface area contributed by atoms with E-state index in [0.29, 0.717) is 6.42 Å². The third kappa shape index (κ3) is 29.2. The summed E-state index contributed by atoms with van der Waals surface area (Å²) in [5, 5.41) is -0.845. The van der Waals surface area contributed by atoms with Crippen molar-refractivity contribution in [3.8, 4) is 0 Å². The Morgan fingerprint density at radius 2 is 1.31 bits per heavy atom. The summed E-state index contributed by atoms with van der Waals surface area (Å²) in [4.78, 5) is 13.2. The number of nitrogens with two attached hydrogens (primary N) is 1. The van der Waals surface area contributed by atoms with Crippen molar-refractivity contribution in [3.63, 3.8) is 0 Å². The molecule has 0 aromatic rings. The summed E-state index contributed by atoms with van der Waals surface area (Å²) >= 11 is 0. The van der Waals surface area contributed by atoms with Gasteiger partial charge in [0, 0.05) is 26.6 Å². The van der Waals surface area contributed by atoms with E-state index in [1.54, 1.807) is 7.05 Å². The van der Waals surface area contributed by atoms with Crippen LogP contribution in [0.4, 0.5) is 0 Å². The maximum absolute atomic E-state index is 11.8. The summed E-state index contributed by atoms with van der Waals surface area (Å²) < 4.78 is 58.3. The smallest absolute Gasteiger partial charge is 0.268 e. The molecule has 0 aliphatic carbocycles. The van der Waals surface area contributed by atoms with Crippen LogP contribution in [0.25, 0.3) is 0 Å². The molecule has 12 heteroatoms. The summed E-state index contributed by atoms with van der Waals surface area (Å²) in [5.74, 6) is -0.460. The monoisotopic (exact) mass is 559 g/mol. The van der Waals surface area contributed by atoms with Crippen molar-refractivity contribution in [2.75, 3.05) is 25.9 Å². The quantitative estimate of drug-likeness (QED) is 0.0925. The average Bonchev–Trinajstić information content (AvgIpc) is 2.78. The Labute approximate surface area is 220 Å². The molecule has 0 spiro atoms. The van der Waals surface area contributed by atoms with Gasteiger partial charge < -0.3 is 16.8 Å². The molecule has 0 heterocycles. The van der Waals surface area contributed by atoms with Gasteiger partial charge in [-0.3, -0.25) is 13.9 Å². The third-order valence-corrected chi connectivity index (χ3v) is 7.51. The molecular formula is C24H53N3O7S2. The Hall–Kier alpha value is -1.05. The average molecular weight is 560 g/mol. The van der Waals surface area contributed by atoms with Gasteiger partial charge in [0.05, 0.1) is 11.0 Å². The first kappa shape index (κ1) is 39.5. The summed E-state index contributed by atoms with van der Waals surface area (Å²) in [6.45, 7) is 3.59. The van der Waals surface area contributed by atoms with Gasteiger partial charge in [-0.05, 0) is 39.0 Å². The van der Waals surface area contributed by atoms with E-state index < -0.39 is 31.2 Å². The van der Waals surface area contributed by atoms with Crippen LogP contribution < -0.4 is 11.9 Å². The summed E-state index contributed by atoms with van der Waals surface area (Å²) in [5.41, 5.74) is 4.92. The van der Waals surface area contributed by atoms with Crippen molar-refractivity contribution in [1.29, 1.82) is 0 Å². The van der Waals surface area contributed by atoms with Crippen LogP contribution in [0.15, 0.2) is 12.2 Å². The Kier molecular flexibility index (Phi) is 26.6. The molecule has 0 aliphatic rings. The Balaban J connectivity index is -0.00000104. The zero-order valence-electron chi connectivity index (χ0n) is 22.7. The summed E-state index contributed by atoms with van der Waals surface area (Å²) in [7, 11) is -6.31. The van der Waals surface area contributed by atoms with Crippen LogP contribution >= 0.6 is 0 Å². The fraction of sp³-hybridized carbons (Fsp3) is 0.875. The van der Waals surface area contributed by atoms with Gasteiger partial charge in [-0.25, -0.2) is 0 Å². The summed E-state index contributed by atoms with van der Waals surface area (Å²) in [6.07, 6.45) is 20.9. The van der Waals surface area contributed by atoms with E-state index in [4.69, 9.17) is 14.8 Å². The summed E-state index contributed by atoms with van der Waals surface area (Å²) in [6, 6.07) is 0. The molecule has 1 amide bonds. The number of carbonyl (C=O) groups is 1. The zero-order valence-corrected chi connectivity index (χ0v) is 24.4. The number of amides is 1. The van der Waals surface area contributed by atoms with Crippen LogP contribution in [0.5, 0.6) is 0 Å². The van der Waals surface area contributed by atoms with Gasteiger partial charge in [-0.1, -0.05) is 70.4 Å². The molecule has 1 unspecified atom stereocenters. The molecule has 0 aliphatic heterocycles. The first-order valence-corrected chi connectivity index (χ1v) is 16.0. The second-order valence-electron chi connectivity index (χ2n) is 9.00. The van der Waals surface area contributed by atoms with E-state index in [9.17, 15) is 21.6 Å². The van der Waals surface area contributed by atoms with E-state index in [1.165, 1.54) is 69.6 Å². The van der Waals surface area contributed by atoms with Crippen molar-refractivity contribution in [2.45, 2.75) is 109 Å². The molecule has 36 heavy (non-hydrogen) atoms. The highest BCUT2D eigenvalue weighted by Crippen LogP contribution is 2.10. The SMILES string of the molecule is CC(CN)S(=O)(=O)O.CCCCCCCC/C=C\CCCCCCCC(=O)N(C)CCS(=O)(=O)O.N. The van der Waals surface area contributed by atoms with Gasteiger partial charge in [-0.15, -0.1) is 0 Å². The molecule has 0 fully saturated rings. The number of hydrogen-bond acceptors (Lipinski definition) is 7. The number of allylic oxidation sites excluding steroid dienone is 2. The van der Waals surface area contributed by atoms with Gasteiger partial charge in [-0.2, -0.15) is 16.8 Å². The van der Waals surface area contributed by atoms with Gasteiger partial charge in [0.1, 0.15) is 0 Å². The van der Waals surface area contributed by atoms with Crippen LogP contribution in [0.3, 0.4) is 0 Å². The van der Waals surface area contributed by atoms with Crippen LogP contribution in [-0.4, -0.2) is 67.9 Å². The molecule has 7 N–H and O–H groups in total. The van der Waals surface area contributed by atoms with Crippen molar-refractivity contribution >= 4 is 26.1 Å². The standard InChI is InChI=1S/C21H41NO4S.C3H9NO3S.H3N/c1-3-4-5-6-7-8-9-10-11-12-13-14-15-16-17-18-21(23)22(2)19-20-27(24,25)26;1-3(2-4)8(5,6)7;/h10-11H,3-9,12-20H2,1-2H3,(H,24,25,26);3H,2,4H2,1H3,(H,5,6,7);1H3/b11-10-;;. The van der Waals surface area contributed by atoms with Gasteiger partial charge in [0.2, 0.25) is 5.91 Å². The number of hydrogen-bond donors (Lipinski definition) is 4. The zero-order chi connectivity index (χ0) is 27.2. The van der Waals surface area contributed by atoms with Crippen LogP contribution in [-0.2, 0) is 25.0 Å². The van der Waals surface area contributed by atoms with Crippen molar-refractivity contribution in [1.82, 2.24) is 11.1 Å². The molecule has 218 valence electrons. The Bertz CT molecular complexity index is 758. The van der Waals surface area contributed by atoms with Gasteiger partial charge in [0.15, 0.2) is 0 Å². The third-order valence-electron chi connectivity index (χ3n) is 5.60. The lowest BCUT2D eigenvalue weighted by Crippen LogP contribution is -2.31. The van der Waals surface area contributed by atoms with Crippen molar-refractivity contribution < 1.29 is 30.7 Å². The lowest BCUT2D eigenvalue weighted by molar-refractivity contribution is -0.129. The topological polar surface area (TPSA) is 190 Å². The molecule has 0 rings (SSSR count). The number of nitrogens with zero attached hydrogens (tertiary/aromatic N) is 1. The number of rotatable bonds is 20. The molecule has 1 atom stereocenters. The van der Waals surface area contributed by atoms with E-state index in [-0.39, 0.29) is 25.1 Å². The van der Waals surface area contributed by atoms with Gasteiger partial charge >= 0.3 is 0 Å². The minimum atomic E-state index is -4.00. The Morgan fingerprint density at radius 3 is 1.69 bits per heavy atom. The first-order chi connectivity index (χ1) is 16.3. The second-order valence-corrected chi connectivity index (χ2v) is 12.4. The fourth-order valence-electron chi connectivity index (χ4n) is 3.04. The van der Waals surface area contributed by atoms with E-state index in [0.717, 1.165) is 25.7 Å². The lowest BCUT2D eigenvalue weighted by Gasteiger charge is -2.16. The maximum atomic E-state index is 11.8. The van der Waals surface area contributed by atoms with Crippen molar-refractivity contribution in [3.05, 3.63) is 12.2 Å².